The zero-order valence-electron chi connectivity index (χ0n) is 29.9. The predicted molar refractivity (Wildman–Crippen MR) is 196 cm³/mol. The Morgan fingerprint density at radius 2 is 1.58 bits per heavy atom. The zero-order chi connectivity index (χ0) is 35.4. The van der Waals surface area contributed by atoms with Gasteiger partial charge in [0.15, 0.2) is 0 Å². The summed E-state index contributed by atoms with van der Waals surface area (Å²) in [7, 11) is 1.47. The number of anilines is 1. The van der Waals surface area contributed by atoms with Crippen LogP contribution in [0.2, 0.25) is 0 Å². The van der Waals surface area contributed by atoms with E-state index in [0.29, 0.717) is 13.0 Å². The number of pyridine rings is 1. The van der Waals surface area contributed by atoms with Crippen LogP contribution in [0.4, 0.5) is 15.4 Å². The van der Waals surface area contributed by atoms with Gasteiger partial charge in [-0.2, -0.15) is 0 Å². The summed E-state index contributed by atoms with van der Waals surface area (Å²) in [6.45, 7) is 6.56. The minimum atomic E-state index is -0.375. The fourth-order valence-electron chi connectivity index (χ4n) is 6.25. The molecule has 0 spiro atoms. The van der Waals surface area contributed by atoms with Crippen molar-refractivity contribution >= 4 is 34.8 Å². The fraction of sp³-hybridized carbons (Fsp3) is 0.579. The second-order valence-electron chi connectivity index (χ2n) is 13.0. The first kappa shape index (κ1) is 38.3. The number of ether oxygens (including phenoxy) is 2. The third-order valence-corrected chi connectivity index (χ3v) is 9.09. The number of carbonyl (C=O) groups excluding carboxylic acids is 3. The van der Waals surface area contributed by atoms with Gasteiger partial charge in [-0.25, -0.2) is 14.6 Å². The van der Waals surface area contributed by atoms with Gasteiger partial charge in [0.25, 0.3) is 0 Å². The van der Waals surface area contributed by atoms with Gasteiger partial charge in [0, 0.05) is 61.9 Å². The number of likely N-dealkylation sites (tertiary alicyclic amines) is 2. The molecule has 1 unspecified atom stereocenters. The molecule has 2 N–H and O–H groups in total. The molecular formula is C38H55N7O5. The van der Waals surface area contributed by atoms with Gasteiger partial charge in [0.05, 0.1) is 19.6 Å². The fourth-order valence-corrected chi connectivity index (χ4v) is 6.25. The number of azo groups is 1. The molecule has 4 amide bonds. The zero-order valence-corrected chi connectivity index (χ0v) is 29.9. The summed E-state index contributed by atoms with van der Waals surface area (Å²) in [5.74, 6) is 1.50. The number of methoxy groups -OCH3 is 1. The number of hydrogen-bond acceptors (Lipinski definition) is 7. The van der Waals surface area contributed by atoms with E-state index in [1.165, 1.54) is 20.0 Å². The van der Waals surface area contributed by atoms with E-state index >= 15 is 0 Å². The van der Waals surface area contributed by atoms with Crippen molar-refractivity contribution < 1.29 is 23.9 Å². The number of amides is 4. The van der Waals surface area contributed by atoms with Gasteiger partial charge in [0.1, 0.15) is 11.6 Å². The molecule has 3 aromatic rings. The third-order valence-electron chi connectivity index (χ3n) is 9.09. The van der Waals surface area contributed by atoms with Crippen molar-refractivity contribution in [1.82, 2.24) is 19.8 Å². The van der Waals surface area contributed by atoms with Crippen LogP contribution in [-0.4, -0.2) is 84.2 Å². The van der Waals surface area contributed by atoms with E-state index in [1.54, 1.807) is 16.0 Å². The number of unbranched alkanes of at least 4 members (excludes halogenated alkanes) is 3. The van der Waals surface area contributed by atoms with E-state index in [9.17, 15) is 14.4 Å². The van der Waals surface area contributed by atoms with Crippen molar-refractivity contribution in [3.8, 4) is 5.75 Å². The van der Waals surface area contributed by atoms with Crippen molar-refractivity contribution in [2.75, 3.05) is 51.8 Å². The molecule has 5 rings (SSSR count). The molecule has 1 atom stereocenters. The van der Waals surface area contributed by atoms with Crippen LogP contribution in [-0.2, 0) is 16.0 Å². The number of benzene rings is 1. The molecule has 2 aromatic heterocycles. The van der Waals surface area contributed by atoms with Crippen molar-refractivity contribution in [2.45, 2.75) is 90.4 Å². The molecule has 2 fully saturated rings. The number of urea groups is 2. The Balaban J connectivity index is 0.000000263. The lowest BCUT2D eigenvalue weighted by Crippen LogP contribution is -2.35. The molecule has 1 aromatic carbocycles. The number of aromatic amines is 1. The maximum Gasteiger partial charge on any atom is 0.362 e. The number of rotatable bonds is 14. The summed E-state index contributed by atoms with van der Waals surface area (Å²) in [5, 5.41) is 11.5. The van der Waals surface area contributed by atoms with Gasteiger partial charge in [0.2, 0.25) is 0 Å². The Morgan fingerprint density at radius 1 is 0.880 bits per heavy atom. The summed E-state index contributed by atoms with van der Waals surface area (Å²) in [6.07, 6.45) is 15.2. The molecule has 2 saturated heterocycles. The smallest absolute Gasteiger partial charge is 0.362 e. The number of carbonyl (C=O) groups is 3. The summed E-state index contributed by atoms with van der Waals surface area (Å²) in [6, 6.07) is 13.3. The molecule has 0 aliphatic carbocycles. The van der Waals surface area contributed by atoms with E-state index in [2.05, 4.69) is 44.6 Å². The summed E-state index contributed by atoms with van der Waals surface area (Å²) < 4.78 is 11.0. The highest BCUT2D eigenvalue weighted by Gasteiger charge is 2.21. The summed E-state index contributed by atoms with van der Waals surface area (Å²) >= 11 is 0. The summed E-state index contributed by atoms with van der Waals surface area (Å²) in [5.41, 5.74) is 2.11. The van der Waals surface area contributed by atoms with Gasteiger partial charge >= 0.3 is 18.0 Å². The molecule has 12 heteroatoms. The Bertz CT molecular complexity index is 1450. The molecule has 0 radical (unpaired) electrons. The Labute approximate surface area is 296 Å². The number of hydrogen-bond donors (Lipinski definition) is 2. The van der Waals surface area contributed by atoms with E-state index in [-0.39, 0.29) is 23.9 Å². The van der Waals surface area contributed by atoms with Crippen molar-refractivity contribution in [3.05, 3.63) is 54.4 Å². The lowest BCUT2D eigenvalue weighted by Gasteiger charge is -2.25. The van der Waals surface area contributed by atoms with Gasteiger partial charge in [-0.15, -0.1) is 0 Å². The number of fused-ring (bicyclic) bond motifs is 1. The number of nitrogens with zero attached hydrogens (tertiary/aromatic N) is 5. The SMILES string of the molecule is CCCCCCC(Cc1cc2cc(OCCCNc3ccccn3)ccc2[nH]1)C(=O)OC.O=C(N=NC(=O)N1CCCCC1)N1CCCCC1. The van der Waals surface area contributed by atoms with Crippen molar-refractivity contribution in [3.63, 3.8) is 0 Å². The highest BCUT2D eigenvalue weighted by molar-refractivity contribution is 5.82. The van der Waals surface area contributed by atoms with Gasteiger partial charge < -0.3 is 29.6 Å². The molecule has 0 saturated carbocycles. The van der Waals surface area contributed by atoms with Crippen LogP contribution in [0.15, 0.2) is 58.9 Å². The number of esters is 1. The highest BCUT2D eigenvalue weighted by Crippen LogP contribution is 2.25. The minimum Gasteiger partial charge on any atom is -0.494 e. The first-order valence-corrected chi connectivity index (χ1v) is 18.4. The maximum absolute atomic E-state index is 12.2. The van der Waals surface area contributed by atoms with Gasteiger partial charge in [-0.1, -0.05) is 48.9 Å². The lowest BCUT2D eigenvalue weighted by atomic mass is 9.96. The average Bonchev–Trinajstić information content (AvgIpc) is 3.57. The van der Waals surface area contributed by atoms with E-state index in [1.807, 2.05) is 30.3 Å². The van der Waals surface area contributed by atoms with Gasteiger partial charge in [-0.3, -0.25) is 4.79 Å². The van der Waals surface area contributed by atoms with Crippen molar-refractivity contribution in [2.24, 2.45) is 16.1 Å². The van der Waals surface area contributed by atoms with Crippen LogP contribution in [0.25, 0.3) is 10.9 Å². The van der Waals surface area contributed by atoms with Crippen LogP contribution < -0.4 is 10.1 Å². The molecule has 4 heterocycles. The second-order valence-corrected chi connectivity index (χ2v) is 13.0. The van der Waals surface area contributed by atoms with Crippen LogP contribution in [0, 0.1) is 5.92 Å². The first-order chi connectivity index (χ1) is 24.5. The normalized spacial score (nSPS) is 15.3. The minimum absolute atomic E-state index is 0.104. The quantitative estimate of drug-likeness (QED) is 0.0984. The molecule has 50 heavy (non-hydrogen) atoms. The molecule has 2 aliphatic rings. The lowest BCUT2D eigenvalue weighted by molar-refractivity contribution is -0.145. The maximum atomic E-state index is 12.2. The molecule has 2 aliphatic heterocycles. The van der Waals surface area contributed by atoms with Crippen LogP contribution in [0.1, 0.15) is 89.7 Å². The number of piperidine rings is 2. The van der Waals surface area contributed by atoms with Crippen molar-refractivity contribution in [1.29, 1.82) is 0 Å². The van der Waals surface area contributed by atoms with Crippen LogP contribution in [0.5, 0.6) is 5.75 Å². The standard InChI is InChI=1S/C26H35N3O3.C12H20N4O2/c1-3-4-5-6-10-20(26(30)31-2)17-22-18-21-19-23(12-13-24(21)29-22)32-16-9-15-28-25-11-7-8-14-27-25;17-11(15-7-3-1-4-8-15)13-14-12(18)16-9-5-2-6-10-16/h7-8,11-14,18-20,29H,3-6,9-10,15-17H2,1-2H3,(H,27,28);1-10H2. The number of aromatic nitrogens is 2. The highest BCUT2D eigenvalue weighted by atomic mass is 16.5. The Hall–Kier alpha value is -4.48. The number of H-pyrrole nitrogens is 1. The van der Waals surface area contributed by atoms with E-state index < -0.39 is 0 Å². The largest absolute Gasteiger partial charge is 0.494 e. The average molecular weight is 690 g/mol. The Kier molecular flexibility index (Phi) is 16.5. The topological polar surface area (TPSA) is 142 Å². The monoisotopic (exact) mass is 689 g/mol. The molecule has 12 nitrogen and oxygen atoms in total. The first-order valence-electron chi connectivity index (χ1n) is 18.4. The molecule has 0 bridgehead atoms. The Morgan fingerprint density at radius 3 is 2.20 bits per heavy atom. The summed E-state index contributed by atoms with van der Waals surface area (Å²) in [4.78, 5) is 46.6. The van der Waals surface area contributed by atoms with E-state index in [4.69, 9.17) is 9.47 Å². The second kappa shape index (κ2) is 21.6. The van der Waals surface area contributed by atoms with Crippen LogP contribution >= 0.6 is 0 Å². The third kappa shape index (κ3) is 13.1. The van der Waals surface area contributed by atoms with Gasteiger partial charge in [-0.05, 0) is 87.8 Å². The number of nitrogens with one attached hydrogen (secondary N) is 2. The molecule has 272 valence electrons. The van der Waals surface area contributed by atoms with Crippen LogP contribution in [0.3, 0.4) is 0 Å². The van der Waals surface area contributed by atoms with E-state index in [0.717, 1.165) is 125 Å². The molecular weight excluding hydrogens is 634 g/mol. The predicted octanol–water partition coefficient (Wildman–Crippen LogP) is 8.40.